The SMILES string of the molecule is NC1CC2(OC1=O)C(=O)Nc1ccccc12. The van der Waals surface area contributed by atoms with E-state index in [1.165, 1.54) is 0 Å². The highest BCUT2D eigenvalue weighted by atomic mass is 16.6. The topological polar surface area (TPSA) is 81.4 Å². The van der Waals surface area contributed by atoms with E-state index in [1.807, 2.05) is 6.07 Å². The highest BCUT2D eigenvalue weighted by molar-refractivity contribution is 6.07. The highest BCUT2D eigenvalue weighted by Crippen LogP contribution is 2.45. The number of amides is 1. The lowest BCUT2D eigenvalue weighted by molar-refractivity contribution is -0.156. The van der Waals surface area contributed by atoms with Crippen molar-refractivity contribution in [1.29, 1.82) is 0 Å². The lowest BCUT2D eigenvalue weighted by Crippen LogP contribution is -2.34. The first-order chi connectivity index (χ1) is 7.63. The molecule has 2 unspecified atom stereocenters. The molecular weight excluding hydrogens is 208 g/mol. The fourth-order valence-electron chi connectivity index (χ4n) is 2.28. The van der Waals surface area contributed by atoms with Crippen LogP contribution in [0.3, 0.4) is 0 Å². The van der Waals surface area contributed by atoms with Crippen molar-refractivity contribution in [2.24, 2.45) is 5.73 Å². The van der Waals surface area contributed by atoms with Crippen LogP contribution in [0.2, 0.25) is 0 Å². The molecule has 3 rings (SSSR count). The van der Waals surface area contributed by atoms with Crippen LogP contribution >= 0.6 is 0 Å². The summed E-state index contributed by atoms with van der Waals surface area (Å²) in [6.45, 7) is 0. The average Bonchev–Trinajstić information content (AvgIpc) is 2.69. The molecule has 82 valence electrons. The number of nitrogens with one attached hydrogen (secondary N) is 1. The maximum atomic E-state index is 11.9. The molecule has 5 nitrogen and oxygen atoms in total. The molecule has 0 radical (unpaired) electrons. The Morgan fingerprint density at radius 3 is 2.81 bits per heavy atom. The number of nitrogens with two attached hydrogens (primary N) is 1. The lowest BCUT2D eigenvalue weighted by atomic mass is 9.91. The molecule has 2 heterocycles. The van der Waals surface area contributed by atoms with E-state index in [-0.39, 0.29) is 12.3 Å². The van der Waals surface area contributed by atoms with Gasteiger partial charge in [0.1, 0.15) is 6.04 Å². The minimum Gasteiger partial charge on any atom is -0.443 e. The largest absolute Gasteiger partial charge is 0.443 e. The molecule has 2 aliphatic heterocycles. The van der Waals surface area contributed by atoms with Crippen LogP contribution in [0.4, 0.5) is 5.69 Å². The molecule has 1 fully saturated rings. The number of para-hydroxylation sites is 1. The van der Waals surface area contributed by atoms with Crippen molar-refractivity contribution in [2.75, 3.05) is 5.32 Å². The predicted molar refractivity (Wildman–Crippen MR) is 55.4 cm³/mol. The lowest BCUT2D eigenvalue weighted by Gasteiger charge is -2.19. The third-order valence-electron chi connectivity index (χ3n) is 3.06. The Morgan fingerprint density at radius 2 is 2.12 bits per heavy atom. The highest BCUT2D eigenvalue weighted by Gasteiger charge is 2.56. The molecule has 0 bridgehead atoms. The van der Waals surface area contributed by atoms with Crippen molar-refractivity contribution in [3.8, 4) is 0 Å². The first-order valence-electron chi connectivity index (χ1n) is 5.03. The second-order valence-corrected chi connectivity index (χ2v) is 4.06. The summed E-state index contributed by atoms with van der Waals surface area (Å²) in [6.07, 6.45) is 0.203. The summed E-state index contributed by atoms with van der Waals surface area (Å²) in [4.78, 5) is 23.3. The van der Waals surface area contributed by atoms with Crippen LogP contribution < -0.4 is 11.1 Å². The Balaban J connectivity index is 2.15. The van der Waals surface area contributed by atoms with Crippen LogP contribution in [-0.4, -0.2) is 17.9 Å². The van der Waals surface area contributed by atoms with E-state index in [1.54, 1.807) is 18.2 Å². The van der Waals surface area contributed by atoms with Gasteiger partial charge in [-0.2, -0.15) is 0 Å². The molecule has 0 aromatic heterocycles. The molecule has 0 saturated carbocycles. The standard InChI is InChI=1S/C11H10N2O3/c12-7-5-11(16-9(7)14)6-3-1-2-4-8(6)13-10(11)15/h1-4,7H,5,12H2,(H,13,15). The smallest absolute Gasteiger partial charge is 0.324 e. The first-order valence-corrected chi connectivity index (χ1v) is 5.03. The quantitative estimate of drug-likeness (QED) is 0.605. The van der Waals surface area contributed by atoms with Gasteiger partial charge in [-0.15, -0.1) is 0 Å². The molecule has 0 aliphatic carbocycles. The molecule has 2 atom stereocenters. The summed E-state index contributed by atoms with van der Waals surface area (Å²) in [5.41, 5.74) is 5.78. The number of fused-ring (bicyclic) bond motifs is 2. The number of ether oxygens (including phenoxy) is 1. The van der Waals surface area contributed by atoms with Gasteiger partial charge >= 0.3 is 5.97 Å². The van der Waals surface area contributed by atoms with Gasteiger partial charge in [-0.05, 0) is 6.07 Å². The Hall–Kier alpha value is -1.88. The van der Waals surface area contributed by atoms with Gasteiger partial charge in [0.2, 0.25) is 5.60 Å². The average molecular weight is 218 g/mol. The van der Waals surface area contributed by atoms with Crippen molar-refractivity contribution >= 4 is 17.6 Å². The molecule has 1 spiro atoms. The van der Waals surface area contributed by atoms with Crippen molar-refractivity contribution in [2.45, 2.75) is 18.1 Å². The maximum absolute atomic E-state index is 11.9. The Labute approximate surface area is 91.6 Å². The van der Waals surface area contributed by atoms with E-state index in [2.05, 4.69) is 5.32 Å². The number of hydrogen-bond acceptors (Lipinski definition) is 4. The van der Waals surface area contributed by atoms with Crippen molar-refractivity contribution in [1.82, 2.24) is 0 Å². The van der Waals surface area contributed by atoms with Gasteiger partial charge in [-0.25, -0.2) is 0 Å². The van der Waals surface area contributed by atoms with E-state index in [9.17, 15) is 9.59 Å². The van der Waals surface area contributed by atoms with Crippen LogP contribution in [-0.2, 0) is 19.9 Å². The fourth-order valence-corrected chi connectivity index (χ4v) is 2.28. The van der Waals surface area contributed by atoms with Crippen LogP contribution in [0.25, 0.3) is 0 Å². The fraction of sp³-hybridized carbons (Fsp3) is 0.273. The first kappa shape index (κ1) is 9.35. The van der Waals surface area contributed by atoms with Gasteiger partial charge in [0.05, 0.1) is 0 Å². The van der Waals surface area contributed by atoms with Crippen LogP contribution in [0.1, 0.15) is 12.0 Å². The summed E-state index contributed by atoms with van der Waals surface area (Å²) in [6, 6.07) is 6.45. The van der Waals surface area contributed by atoms with Crippen LogP contribution in [0, 0.1) is 0 Å². The molecule has 16 heavy (non-hydrogen) atoms. The number of anilines is 1. The Morgan fingerprint density at radius 1 is 1.38 bits per heavy atom. The van der Waals surface area contributed by atoms with Crippen molar-refractivity contribution < 1.29 is 14.3 Å². The number of benzene rings is 1. The number of esters is 1. The van der Waals surface area contributed by atoms with Crippen molar-refractivity contribution in [3.05, 3.63) is 29.8 Å². The summed E-state index contributed by atoms with van der Waals surface area (Å²) in [5.74, 6) is -0.832. The van der Waals surface area contributed by atoms with Crippen LogP contribution in [0.15, 0.2) is 24.3 Å². The van der Waals surface area contributed by atoms with E-state index in [4.69, 9.17) is 10.5 Å². The molecule has 2 aliphatic rings. The normalized spacial score (nSPS) is 31.4. The number of carbonyl (C=O) groups excluding carboxylic acids is 2. The monoisotopic (exact) mass is 218 g/mol. The molecule has 1 saturated heterocycles. The van der Waals surface area contributed by atoms with Gasteiger partial charge < -0.3 is 15.8 Å². The van der Waals surface area contributed by atoms with Gasteiger partial charge in [0.25, 0.3) is 5.91 Å². The molecule has 1 aromatic rings. The summed E-state index contributed by atoms with van der Waals surface area (Å²) in [5, 5.41) is 2.70. The molecule has 1 amide bonds. The zero-order chi connectivity index (χ0) is 11.3. The van der Waals surface area contributed by atoms with E-state index in [0.717, 1.165) is 0 Å². The van der Waals surface area contributed by atoms with E-state index >= 15 is 0 Å². The summed E-state index contributed by atoms with van der Waals surface area (Å²) >= 11 is 0. The minimum absolute atomic E-state index is 0.203. The zero-order valence-electron chi connectivity index (χ0n) is 8.40. The second kappa shape index (κ2) is 2.82. The van der Waals surface area contributed by atoms with Gasteiger partial charge in [0, 0.05) is 17.7 Å². The minimum atomic E-state index is -1.20. The number of hydrogen-bond donors (Lipinski definition) is 2. The van der Waals surface area contributed by atoms with E-state index < -0.39 is 17.6 Å². The Kier molecular flexibility index (Phi) is 1.65. The molecule has 1 aromatic carbocycles. The summed E-state index contributed by atoms with van der Waals surface area (Å²) in [7, 11) is 0. The Bertz CT molecular complexity index is 500. The molecule has 5 heteroatoms. The third kappa shape index (κ3) is 0.979. The summed E-state index contributed by atoms with van der Waals surface area (Å²) < 4.78 is 5.18. The molecule has 3 N–H and O–H groups in total. The maximum Gasteiger partial charge on any atom is 0.324 e. The van der Waals surface area contributed by atoms with Crippen molar-refractivity contribution in [3.63, 3.8) is 0 Å². The molecular formula is C11H10N2O3. The van der Waals surface area contributed by atoms with Gasteiger partial charge in [0.15, 0.2) is 0 Å². The zero-order valence-corrected chi connectivity index (χ0v) is 8.40. The van der Waals surface area contributed by atoms with Crippen LogP contribution in [0.5, 0.6) is 0 Å². The van der Waals surface area contributed by atoms with Gasteiger partial charge in [-0.1, -0.05) is 18.2 Å². The number of rotatable bonds is 0. The number of carbonyl (C=O) groups is 2. The van der Waals surface area contributed by atoms with E-state index in [0.29, 0.717) is 11.3 Å². The second-order valence-electron chi connectivity index (χ2n) is 4.06. The predicted octanol–water partition coefficient (Wildman–Crippen LogP) is 0.108. The third-order valence-corrected chi connectivity index (χ3v) is 3.06. The van der Waals surface area contributed by atoms with Gasteiger partial charge in [-0.3, -0.25) is 9.59 Å².